The van der Waals surface area contributed by atoms with Crippen LogP contribution in [0.2, 0.25) is 0 Å². The Morgan fingerprint density at radius 2 is 0.495 bits per heavy atom. The first-order valence-electron chi connectivity index (χ1n) is 35.8. The van der Waals surface area contributed by atoms with Gasteiger partial charge in [-0.1, -0.05) is 300 Å². The average Bonchev–Trinajstić information content (AvgIpc) is 1.50. The van der Waals surface area contributed by atoms with E-state index in [2.05, 4.69) is 36.7 Å². The molecule has 0 saturated carbocycles. The number of nitrogens with two attached hydrogens (primary N) is 2. The fourth-order valence-corrected chi connectivity index (χ4v) is 13.3. The largest absolute Gasteiger partial charge is 0.370 e. The number of hydrogen-bond acceptors (Lipinski definition) is 9. The summed E-state index contributed by atoms with van der Waals surface area (Å²) in [5.41, 5.74) is 12.6. The Bertz CT molecular complexity index is 2300. The maximum absolute atomic E-state index is 11.3. The minimum absolute atomic E-state index is 0.0610. The molecule has 0 aliphatic carbocycles. The molecule has 19 heteroatoms. The molecule has 3 aromatic carbocycles. The zero-order chi connectivity index (χ0) is 67.4. The van der Waals surface area contributed by atoms with E-state index in [0.29, 0.717) is 19.3 Å². The first-order chi connectivity index (χ1) is 43.8. The van der Waals surface area contributed by atoms with Crippen molar-refractivity contribution in [3.05, 3.63) is 89.5 Å². The molecule has 0 saturated heterocycles. The van der Waals surface area contributed by atoms with Crippen molar-refractivity contribution in [3.63, 3.8) is 0 Å². The number of hydrogen-bond donors (Lipinski definition) is 10. The Kier molecular flexibility index (Phi) is 56.9. The fourth-order valence-electron chi connectivity index (χ4n) is 11.0. The number of unbranched alkanes of at least 4 members (excludes halogenated alkanes) is 37. The summed E-state index contributed by atoms with van der Waals surface area (Å²) in [7, 11) is -12.3. The molecule has 0 radical (unpaired) electrons. The van der Waals surface area contributed by atoms with Crippen molar-refractivity contribution in [2.75, 3.05) is 26.2 Å². The summed E-state index contributed by atoms with van der Waals surface area (Å²) in [6, 6.07) is 20.2. The van der Waals surface area contributed by atoms with Crippen molar-refractivity contribution in [2.24, 2.45) is 11.5 Å². The van der Waals surface area contributed by atoms with Crippen molar-refractivity contribution in [2.45, 2.75) is 324 Å². The molecule has 0 bridgehead atoms. The van der Waals surface area contributed by atoms with Crippen LogP contribution in [0.15, 0.2) is 87.5 Å². The van der Waals surface area contributed by atoms with Gasteiger partial charge in [-0.3, -0.25) is 24.5 Å². The lowest BCUT2D eigenvalue weighted by molar-refractivity contribution is 0.479. The van der Waals surface area contributed by atoms with Gasteiger partial charge in [-0.15, -0.1) is 0 Å². The van der Waals surface area contributed by atoms with E-state index < -0.39 is 30.4 Å². The fraction of sp³-hybridized carbons (Fsp3) is 0.722. The third-order valence-electron chi connectivity index (χ3n) is 16.3. The lowest BCUT2D eigenvalue weighted by Crippen LogP contribution is -2.30. The molecular weight excluding hydrogens is 1200 g/mol. The summed E-state index contributed by atoms with van der Waals surface area (Å²) >= 11 is 0. The van der Waals surface area contributed by atoms with E-state index in [-0.39, 0.29) is 26.6 Å². The third-order valence-corrected chi connectivity index (χ3v) is 19.2. The number of benzene rings is 3. The molecule has 0 fully saturated rings. The number of guanidine groups is 2. The van der Waals surface area contributed by atoms with E-state index in [0.717, 1.165) is 94.2 Å². The molecule has 0 heterocycles. The quantitative estimate of drug-likeness (QED) is 0.0109. The van der Waals surface area contributed by atoms with Crippen molar-refractivity contribution in [1.29, 1.82) is 10.8 Å². The van der Waals surface area contributed by atoms with E-state index in [1.165, 1.54) is 237 Å². The van der Waals surface area contributed by atoms with Crippen LogP contribution in [0, 0.1) is 10.8 Å². The Balaban J connectivity index is 0.00000119. The highest BCUT2D eigenvalue weighted by Gasteiger charge is 2.16. The topological polar surface area (TPSA) is 299 Å². The van der Waals surface area contributed by atoms with Gasteiger partial charge in [-0.2, -0.15) is 25.3 Å². The maximum Gasteiger partial charge on any atom is 0.294 e. The summed E-state index contributed by atoms with van der Waals surface area (Å²) < 4.78 is 95.4. The molecule has 0 amide bonds. The van der Waals surface area contributed by atoms with Crippen LogP contribution in [0.25, 0.3) is 0 Å². The van der Waals surface area contributed by atoms with Gasteiger partial charge in [0.25, 0.3) is 30.4 Å². The molecule has 12 N–H and O–H groups in total. The number of rotatable bonds is 54. The molecule has 0 spiro atoms. The van der Waals surface area contributed by atoms with Gasteiger partial charge >= 0.3 is 0 Å². The monoisotopic (exact) mass is 1330 g/mol. The summed E-state index contributed by atoms with van der Waals surface area (Å²) in [6.45, 7) is 10.6. The van der Waals surface area contributed by atoms with E-state index in [4.69, 9.17) is 22.3 Å². The highest BCUT2D eigenvalue weighted by Crippen LogP contribution is 2.22. The molecule has 0 aromatic heterocycles. The minimum Gasteiger partial charge on any atom is -0.370 e. The molecule has 0 aliphatic rings. The van der Waals surface area contributed by atoms with Gasteiger partial charge < -0.3 is 27.4 Å². The Labute approximate surface area is 556 Å². The van der Waals surface area contributed by atoms with Crippen LogP contribution in [-0.4, -0.2) is 77.0 Å². The lowest BCUT2D eigenvalue weighted by Gasteiger charge is -2.07. The molecule has 526 valence electrons. The molecule has 3 rings (SSSR count). The molecule has 0 aliphatic heterocycles. The van der Waals surface area contributed by atoms with Crippen molar-refractivity contribution in [1.82, 2.24) is 16.0 Å². The maximum atomic E-state index is 11.3. The van der Waals surface area contributed by atoms with Gasteiger partial charge in [0.05, 0.1) is 14.7 Å². The van der Waals surface area contributed by atoms with Crippen LogP contribution in [-0.2, 0) is 49.6 Å². The van der Waals surface area contributed by atoms with Crippen LogP contribution in [0.3, 0.4) is 0 Å². The van der Waals surface area contributed by atoms with E-state index in [9.17, 15) is 38.9 Å². The van der Waals surface area contributed by atoms with Gasteiger partial charge in [0.1, 0.15) is 0 Å². The standard InChI is InChI=1S/C18H41N7.3C18H30O3S/c19-17(20)24-15-11-7-3-1-5-9-13-23-14-10-6-2-4-8-12-16-25-18(21)22;3*1-2-3-4-5-6-7-8-9-10-11-14-17-15-12-13-16-18(17)22(19,20)21/h23H,1-16H2,(H4,19,20,24)(H4,21,22,25);3*12-13,15-16H,2-11,14H2,1H3,(H,19,20,21). The first kappa shape index (κ1) is 86.9. The SMILES string of the molecule is CCCCCCCCCCCCc1ccccc1S(=O)(=O)O.CCCCCCCCCCCCc1ccccc1S(=O)(=O)O.CCCCCCCCCCCCc1ccccc1S(=O)(=O)O.N=C(N)NCCCCCCCCNCCCCCCCCNC(=N)N. The molecule has 3 aromatic rings. The van der Waals surface area contributed by atoms with Crippen LogP contribution in [0.1, 0.15) is 307 Å². The van der Waals surface area contributed by atoms with Gasteiger partial charge in [0, 0.05) is 13.1 Å². The summed E-state index contributed by atoms with van der Waals surface area (Å²) in [5, 5.41) is 23.3. The van der Waals surface area contributed by atoms with Crippen LogP contribution < -0.4 is 27.4 Å². The summed E-state index contributed by atoms with van der Waals surface area (Å²) in [5.74, 6) is 0.154. The highest BCUT2D eigenvalue weighted by molar-refractivity contribution is 7.86. The first-order valence-corrected chi connectivity index (χ1v) is 40.1. The normalized spacial score (nSPS) is 11.4. The van der Waals surface area contributed by atoms with Gasteiger partial charge in [-0.05, 0) is 112 Å². The van der Waals surface area contributed by atoms with Crippen LogP contribution in [0.5, 0.6) is 0 Å². The smallest absolute Gasteiger partial charge is 0.294 e. The molecule has 0 atom stereocenters. The Morgan fingerprint density at radius 3 is 0.703 bits per heavy atom. The van der Waals surface area contributed by atoms with Gasteiger partial charge in [-0.25, -0.2) is 0 Å². The predicted molar refractivity (Wildman–Crippen MR) is 384 cm³/mol. The van der Waals surface area contributed by atoms with Gasteiger partial charge in [0.2, 0.25) is 0 Å². The predicted octanol–water partition coefficient (Wildman–Crippen LogP) is 18.4. The number of nitrogens with one attached hydrogen (secondary N) is 5. The van der Waals surface area contributed by atoms with Crippen molar-refractivity contribution >= 4 is 42.3 Å². The van der Waals surface area contributed by atoms with E-state index in [1.54, 1.807) is 36.4 Å². The molecular formula is C72H131N7O9S3. The second-order valence-corrected chi connectivity index (χ2v) is 28.9. The Morgan fingerprint density at radius 1 is 0.308 bits per heavy atom. The number of aryl methyl sites for hydroxylation is 3. The van der Waals surface area contributed by atoms with E-state index >= 15 is 0 Å². The Hall–Kier alpha value is -4.11. The molecule has 91 heavy (non-hydrogen) atoms. The van der Waals surface area contributed by atoms with Gasteiger partial charge in [0.15, 0.2) is 11.9 Å². The lowest BCUT2D eigenvalue weighted by atomic mass is 10.0. The minimum atomic E-state index is -4.10. The highest BCUT2D eigenvalue weighted by atomic mass is 32.2. The van der Waals surface area contributed by atoms with Crippen molar-refractivity contribution < 1.29 is 38.9 Å². The zero-order valence-electron chi connectivity index (χ0n) is 57.2. The third kappa shape index (κ3) is 54.9. The average molecular weight is 1340 g/mol. The summed E-state index contributed by atoms with van der Waals surface area (Å²) in [4.78, 5) is 0.183. The summed E-state index contributed by atoms with van der Waals surface area (Å²) in [6.07, 6.45) is 54.9. The second-order valence-electron chi connectivity index (χ2n) is 24.7. The van der Waals surface area contributed by atoms with Crippen molar-refractivity contribution in [3.8, 4) is 0 Å². The zero-order valence-corrected chi connectivity index (χ0v) is 59.7. The van der Waals surface area contributed by atoms with E-state index in [1.807, 2.05) is 18.2 Å². The van der Waals surface area contributed by atoms with Crippen LogP contribution >= 0.6 is 0 Å². The second kappa shape index (κ2) is 59.6. The molecule has 16 nitrogen and oxygen atoms in total. The molecule has 0 unspecified atom stereocenters. The van der Waals surface area contributed by atoms with Crippen LogP contribution in [0.4, 0.5) is 0 Å².